The first-order chi connectivity index (χ1) is 21.2. The molecule has 2 aromatic carbocycles. The van der Waals surface area contributed by atoms with Crippen LogP contribution in [-0.4, -0.2) is 88.7 Å². The molecule has 4 fully saturated rings. The number of aliphatic hydroxyl groups excluding tert-OH is 1. The lowest BCUT2D eigenvalue weighted by atomic mass is 10.0. The Morgan fingerprint density at radius 1 is 1.05 bits per heavy atom. The zero-order valence-electron chi connectivity index (χ0n) is 23.2. The zero-order chi connectivity index (χ0) is 31.2. The van der Waals surface area contributed by atoms with Gasteiger partial charge in [0.15, 0.2) is 28.4 Å². The van der Waals surface area contributed by atoms with Crippen molar-refractivity contribution in [3.8, 4) is 23.0 Å². The molecule has 230 valence electrons. The topological polar surface area (TPSA) is 141 Å². The molecule has 0 saturated carbocycles. The van der Waals surface area contributed by atoms with E-state index in [4.69, 9.17) is 23.7 Å². The first-order valence-corrected chi connectivity index (χ1v) is 17.8. The molecule has 44 heavy (non-hydrogen) atoms. The highest BCUT2D eigenvalue weighted by Gasteiger charge is 2.70. The van der Waals surface area contributed by atoms with E-state index in [2.05, 4.69) is 0 Å². The molecule has 2 aromatic rings. The summed E-state index contributed by atoms with van der Waals surface area (Å²) in [7, 11) is 9.37. The number of esters is 1. The number of aldehydes is 1. The van der Waals surface area contributed by atoms with Crippen LogP contribution in [0.15, 0.2) is 60.6 Å². The van der Waals surface area contributed by atoms with Gasteiger partial charge < -0.3 is 38.6 Å². The van der Waals surface area contributed by atoms with Crippen LogP contribution in [0.1, 0.15) is 20.7 Å². The van der Waals surface area contributed by atoms with Crippen molar-refractivity contribution >= 4 is 65.3 Å². The third-order valence-corrected chi connectivity index (χ3v) is 14.4. The Kier molecular flexibility index (Phi) is 8.45. The maximum atomic E-state index is 13.9. The van der Waals surface area contributed by atoms with Crippen LogP contribution in [-0.2, 0) is 19.1 Å². The predicted molar refractivity (Wildman–Crippen MR) is 165 cm³/mol. The Morgan fingerprint density at radius 2 is 1.77 bits per heavy atom. The minimum absolute atomic E-state index is 0.0804. The molecule has 0 aliphatic carbocycles. The van der Waals surface area contributed by atoms with Gasteiger partial charge in [0.25, 0.3) is 11.8 Å². The fourth-order valence-corrected chi connectivity index (χ4v) is 12.6. The van der Waals surface area contributed by atoms with E-state index in [1.807, 2.05) is 0 Å². The Hall–Kier alpha value is -3.44. The summed E-state index contributed by atoms with van der Waals surface area (Å²) in [4.78, 5) is 53.5. The van der Waals surface area contributed by atoms with E-state index in [9.17, 15) is 24.3 Å². The fourth-order valence-electron chi connectivity index (χ4n) is 5.35. The van der Waals surface area contributed by atoms with Gasteiger partial charge in [0.05, 0.1) is 32.3 Å². The second kappa shape index (κ2) is 12.2. The van der Waals surface area contributed by atoms with Crippen LogP contribution < -0.4 is 14.2 Å². The molecular weight excluding hydrogens is 653 g/mol. The van der Waals surface area contributed by atoms with E-state index >= 15 is 0 Å². The standard InChI is InChI=1S/C28H24N2O10S4/c1-29-25-24(33)30-22-16(23(32)28(30,27(29)35)42-44-43-41-25)13-38-9-8-19(22)40-26(34)15-5-7-18(37-3)21(11-15)39-20-10-14(12-31)4-6-17(20)36-2/h4-13,19,22-23,25,32H,1-3H3. The molecule has 7 rings (SSSR count). The summed E-state index contributed by atoms with van der Waals surface area (Å²) in [5, 5.41) is 10.7. The first-order valence-electron chi connectivity index (χ1n) is 12.9. The maximum Gasteiger partial charge on any atom is 0.338 e. The van der Waals surface area contributed by atoms with Crippen LogP contribution in [0.25, 0.3) is 0 Å². The van der Waals surface area contributed by atoms with E-state index in [1.165, 1.54) is 104 Å². The van der Waals surface area contributed by atoms with E-state index < -0.39 is 46.3 Å². The molecule has 5 aliphatic heterocycles. The Balaban J connectivity index is 1.33. The van der Waals surface area contributed by atoms with Crippen LogP contribution in [0.5, 0.6) is 23.0 Å². The summed E-state index contributed by atoms with van der Waals surface area (Å²) in [6.07, 6.45) is 2.17. The largest absolute Gasteiger partial charge is 0.493 e. The third-order valence-electron chi connectivity index (χ3n) is 7.46. The van der Waals surface area contributed by atoms with Crippen molar-refractivity contribution in [3.63, 3.8) is 0 Å². The van der Waals surface area contributed by atoms with Crippen molar-refractivity contribution in [2.24, 2.45) is 0 Å². The molecule has 5 unspecified atom stereocenters. The third kappa shape index (κ3) is 4.88. The van der Waals surface area contributed by atoms with Crippen molar-refractivity contribution in [2.45, 2.75) is 28.5 Å². The number of rotatable bonds is 7. The van der Waals surface area contributed by atoms with Gasteiger partial charge in [0.1, 0.15) is 24.5 Å². The van der Waals surface area contributed by atoms with Crippen LogP contribution in [0.3, 0.4) is 0 Å². The molecule has 1 spiro atoms. The number of hydrogen-bond acceptors (Lipinski definition) is 14. The molecule has 12 nitrogen and oxygen atoms in total. The van der Waals surface area contributed by atoms with Crippen molar-refractivity contribution in [2.75, 3.05) is 21.3 Å². The predicted octanol–water partition coefficient (Wildman–Crippen LogP) is 4.02. The normalized spacial score (nSPS) is 27.2. The van der Waals surface area contributed by atoms with Crippen LogP contribution in [0, 0.1) is 0 Å². The minimum Gasteiger partial charge on any atom is -0.493 e. The van der Waals surface area contributed by atoms with Crippen molar-refractivity contribution in [1.29, 1.82) is 0 Å². The summed E-state index contributed by atoms with van der Waals surface area (Å²) in [6.45, 7) is 0. The van der Waals surface area contributed by atoms with Gasteiger partial charge in [0, 0.05) is 18.2 Å². The number of aliphatic hydroxyl groups is 1. The van der Waals surface area contributed by atoms with Crippen LogP contribution in [0.2, 0.25) is 0 Å². The van der Waals surface area contributed by atoms with E-state index in [1.54, 1.807) is 12.1 Å². The quantitative estimate of drug-likeness (QED) is 0.256. The molecule has 2 amide bonds. The lowest BCUT2D eigenvalue weighted by Gasteiger charge is -2.50. The number of likely N-dealkylation sites (N-methyl/N-ethyl adjacent to an activating group) is 1. The smallest absolute Gasteiger partial charge is 0.338 e. The second-order valence-corrected chi connectivity index (χ2v) is 15.8. The van der Waals surface area contributed by atoms with Gasteiger partial charge in [0.2, 0.25) is 4.87 Å². The highest BCUT2D eigenvalue weighted by atomic mass is 33.7. The molecule has 0 radical (unpaired) electrons. The zero-order valence-corrected chi connectivity index (χ0v) is 26.5. The van der Waals surface area contributed by atoms with E-state index in [0.717, 1.165) is 10.8 Å². The number of carbonyl (C=O) groups excluding carboxylic acids is 4. The molecule has 5 heterocycles. The summed E-state index contributed by atoms with van der Waals surface area (Å²) in [6, 6.07) is 8.04. The Labute approximate surface area is 266 Å². The van der Waals surface area contributed by atoms with Gasteiger partial charge >= 0.3 is 5.97 Å². The van der Waals surface area contributed by atoms with E-state index in [0.29, 0.717) is 23.3 Å². The molecule has 5 atom stereocenters. The fraction of sp³-hybridized carbons (Fsp3) is 0.286. The van der Waals surface area contributed by atoms with Gasteiger partial charge in [-0.25, -0.2) is 4.79 Å². The lowest BCUT2D eigenvalue weighted by Crippen LogP contribution is -2.71. The number of benzene rings is 2. The van der Waals surface area contributed by atoms with Gasteiger partial charge in [-0.3, -0.25) is 14.4 Å². The number of nitrogens with zero attached hydrogens (tertiary/aromatic N) is 2. The average Bonchev–Trinajstić information content (AvgIpc) is 3.12. The van der Waals surface area contributed by atoms with Gasteiger partial charge in [-0.2, -0.15) is 0 Å². The van der Waals surface area contributed by atoms with Crippen LogP contribution in [0.4, 0.5) is 0 Å². The Bertz CT molecular complexity index is 1600. The summed E-state index contributed by atoms with van der Waals surface area (Å²) in [5.41, 5.74) is 0.662. The van der Waals surface area contributed by atoms with E-state index in [-0.39, 0.29) is 22.6 Å². The van der Waals surface area contributed by atoms with Crippen molar-refractivity contribution in [3.05, 3.63) is 71.7 Å². The van der Waals surface area contributed by atoms with Gasteiger partial charge in [-0.15, -0.1) is 0 Å². The van der Waals surface area contributed by atoms with Crippen molar-refractivity contribution in [1.82, 2.24) is 9.80 Å². The highest BCUT2D eigenvalue weighted by molar-refractivity contribution is 9.26. The van der Waals surface area contributed by atoms with Crippen LogP contribution >= 0.6 is 41.2 Å². The highest BCUT2D eigenvalue weighted by Crippen LogP contribution is 2.62. The molecule has 16 heteroatoms. The Morgan fingerprint density at radius 3 is 2.50 bits per heavy atom. The average molecular weight is 677 g/mol. The summed E-state index contributed by atoms with van der Waals surface area (Å²) < 4.78 is 28.2. The molecular formula is C28H24N2O10S4. The second-order valence-electron chi connectivity index (χ2n) is 9.78. The number of carbonyl (C=O) groups is 4. The number of piperazine rings is 1. The van der Waals surface area contributed by atoms with Crippen molar-refractivity contribution < 1.29 is 48.0 Å². The van der Waals surface area contributed by atoms with Gasteiger partial charge in [-0.1, -0.05) is 0 Å². The maximum absolute atomic E-state index is 13.9. The number of hydrogen-bond donors (Lipinski definition) is 1. The number of methoxy groups -OCH3 is 2. The van der Waals surface area contributed by atoms with Gasteiger partial charge in [-0.05, 0) is 83.7 Å². The molecule has 0 aromatic heterocycles. The summed E-state index contributed by atoms with van der Waals surface area (Å²) >= 11 is 0. The number of fused-ring (bicyclic) bond motifs is 5. The minimum atomic E-state index is -1.67. The molecule has 2 bridgehead atoms. The first kappa shape index (κ1) is 30.6. The number of ether oxygens (including phenoxy) is 5. The summed E-state index contributed by atoms with van der Waals surface area (Å²) in [5.74, 6) is -0.603. The number of amides is 2. The molecule has 4 saturated heterocycles. The SMILES string of the molecule is COc1ccc(C=O)cc1Oc1cc(C(=O)OC2C=COC=C3C2N2C(=O)C4SSSSC2(C(=O)N4C)C3O)ccc1OC. The lowest BCUT2D eigenvalue weighted by molar-refractivity contribution is -0.162. The monoisotopic (exact) mass is 676 g/mol. The molecule has 5 aliphatic rings. The molecule has 1 N–H and O–H groups in total.